The molecule has 200 valence electrons. The number of nitrogens with zero attached hydrogens (tertiary/aromatic N) is 1. The standard InChI is InChI=1S/C29H23NO4.16H2/c1-7-8-9-10-11-12-13-14-15-16-17-18-19-20-21-22-27(32)33-26-23-28(3,4)30(34-25(2)31)29(5,6)24-26;;;;;;;;;;;;;;;;/h26H,23-24H2,1-6H3;16*1H. The molecule has 0 aromatic heterocycles. The van der Waals surface area contributed by atoms with Gasteiger partial charge >= 0.3 is 11.9 Å². The van der Waals surface area contributed by atoms with Crippen molar-refractivity contribution in [2.75, 3.05) is 0 Å². The quantitative estimate of drug-likeness (QED) is 0.274. The highest BCUT2D eigenvalue weighted by Gasteiger charge is 2.49. The van der Waals surface area contributed by atoms with E-state index in [1.54, 1.807) is 12.0 Å². The zero-order valence-electron chi connectivity index (χ0n) is 20.1. The van der Waals surface area contributed by atoms with Crippen LogP contribution in [0.3, 0.4) is 0 Å². The number of hydroxylamine groups is 2. The predicted molar refractivity (Wildman–Crippen MR) is 163 cm³/mol. The summed E-state index contributed by atoms with van der Waals surface area (Å²) in [4.78, 5) is 28.9. The number of carbonyl (C=O) groups is 2. The van der Waals surface area contributed by atoms with Gasteiger partial charge in [-0.2, -0.15) is 0 Å². The van der Waals surface area contributed by atoms with Crippen LogP contribution in [-0.4, -0.2) is 34.2 Å². The van der Waals surface area contributed by atoms with Gasteiger partial charge in [-0.3, -0.25) is 4.79 Å². The van der Waals surface area contributed by atoms with E-state index >= 15 is 0 Å². The van der Waals surface area contributed by atoms with Crippen molar-refractivity contribution in [1.29, 1.82) is 0 Å². The fourth-order valence-electron chi connectivity index (χ4n) is 3.33. The van der Waals surface area contributed by atoms with Gasteiger partial charge < -0.3 is 9.57 Å². The Labute approximate surface area is 226 Å². The van der Waals surface area contributed by atoms with Crippen LogP contribution in [-0.2, 0) is 19.2 Å². The Kier molecular flexibility index (Phi) is 11.1. The van der Waals surface area contributed by atoms with Crippen LogP contribution in [0.5, 0.6) is 0 Å². The molecule has 0 saturated carbocycles. The molecule has 0 spiro atoms. The summed E-state index contributed by atoms with van der Waals surface area (Å²) in [5, 5.41) is 1.67. The highest BCUT2D eigenvalue weighted by molar-refractivity contribution is 5.89. The highest BCUT2D eigenvalue weighted by Crippen LogP contribution is 2.39. The van der Waals surface area contributed by atoms with E-state index in [9.17, 15) is 9.59 Å². The van der Waals surface area contributed by atoms with Crippen LogP contribution in [0.15, 0.2) is 0 Å². The number of hydrogen-bond donors (Lipinski definition) is 0. The molecule has 5 nitrogen and oxygen atoms in total. The molecule has 1 aliphatic rings. The Bertz CT molecular complexity index is 1350. The van der Waals surface area contributed by atoms with E-state index in [0.29, 0.717) is 12.8 Å². The van der Waals surface area contributed by atoms with Gasteiger partial charge in [0.2, 0.25) is 0 Å². The number of ether oxygens (including phenoxy) is 1. The molecule has 1 fully saturated rings. The molecule has 0 aromatic carbocycles. The lowest BCUT2D eigenvalue weighted by Gasteiger charge is -2.52. The fourth-order valence-corrected chi connectivity index (χ4v) is 3.33. The minimum atomic E-state index is -0.678. The molecule has 0 aliphatic carbocycles. The summed E-state index contributed by atoms with van der Waals surface area (Å²) in [6, 6.07) is 0. The van der Waals surface area contributed by atoms with Crippen molar-refractivity contribution in [3.8, 4) is 94.7 Å². The van der Waals surface area contributed by atoms with E-state index in [1.165, 1.54) is 6.92 Å². The van der Waals surface area contributed by atoms with Gasteiger partial charge in [-0.15, -0.1) is 5.06 Å². The summed E-state index contributed by atoms with van der Waals surface area (Å²) in [6.07, 6.45) is 0.606. The van der Waals surface area contributed by atoms with Gasteiger partial charge in [0, 0.05) is 48.5 Å². The maximum atomic E-state index is 12.1. The summed E-state index contributed by atoms with van der Waals surface area (Å²) in [6.45, 7) is 10.7. The van der Waals surface area contributed by atoms with Crippen LogP contribution in [0.1, 0.15) is 77.2 Å². The summed E-state index contributed by atoms with van der Waals surface area (Å²) in [5.74, 6) is 38.8. The average molecular weight is 482 g/mol. The molecule has 0 unspecified atom stereocenters. The Hall–Kier alpha value is -4.62. The van der Waals surface area contributed by atoms with Gasteiger partial charge in [-0.05, 0) is 118 Å². The van der Waals surface area contributed by atoms with Crippen molar-refractivity contribution in [2.24, 2.45) is 0 Å². The molecule has 1 rings (SSSR count). The van der Waals surface area contributed by atoms with Crippen molar-refractivity contribution >= 4 is 11.9 Å². The summed E-state index contributed by atoms with van der Waals surface area (Å²) >= 11 is 0. The SMILES string of the molecule is CC#CC#CC#CC#CC#CC#CC#CC#CC(=O)OC1CC(C)(C)N(OC(C)=O)C(C)(C)C1.[HH].[HH].[HH].[HH].[HH].[HH].[HH].[HH].[HH].[HH].[HH].[HH].[HH].[HH].[HH].[HH]. The second-order valence-corrected chi connectivity index (χ2v) is 8.06. The third-order valence-corrected chi connectivity index (χ3v) is 4.15. The van der Waals surface area contributed by atoms with E-state index in [1.807, 2.05) is 27.7 Å². The molecule has 0 radical (unpaired) electrons. The number of hydrogen-bond acceptors (Lipinski definition) is 5. The molecule has 0 aromatic rings. The zero-order valence-corrected chi connectivity index (χ0v) is 20.1. The molecule has 1 heterocycles. The van der Waals surface area contributed by atoms with E-state index in [4.69, 9.17) is 9.57 Å². The van der Waals surface area contributed by atoms with Crippen LogP contribution in [0.25, 0.3) is 0 Å². The molecule has 0 bridgehead atoms. The largest absolute Gasteiger partial charge is 0.453 e. The van der Waals surface area contributed by atoms with E-state index in [2.05, 4.69) is 94.7 Å². The second-order valence-electron chi connectivity index (χ2n) is 8.06. The van der Waals surface area contributed by atoms with E-state index in [-0.39, 0.29) is 28.9 Å². The molecule has 34 heavy (non-hydrogen) atoms. The van der Waals surface area contributed by atoms with Crippen molar-refractivity contribution in [3.05, 3.63) is 0 Å². The van der Waals surface area contributed by atoms with Gasteiger partial charge in [0.15, 0.2) is 0 Å². The van der Waals surface area contributed by atoms with Crippen LogP contribution in [0, 0.1) is 94.7 Å². The lowest BCUT2D eigenvalue weighted by atomic mass is 9.80. The average Bonchev–Trinajstić information content (AvgIpc) is 2.73. The summed E-state index contributed by atoms with van der Waals surface area (Å²) in [5.41, 5.74) is -1.03. The first-order chi connectivity index (χ1) is 16.1. The third-order valence-electron chi connectivity index (χ3n) is 4.15. The lowest BCUT2D eigenvalue weighted by molar-refractivity contribution is -0.275. The maximum Gasteiger partial charge on any atom is 0.385 e. The number of esters is 1. The van der Waals surface area contributed by atoms with Crippen molar-refractivity contribution in [1.82, 2.24) is 5.06 Å². The molecule has 1 aliphatic heterocycles. The minimum absolute atomic E-state index is 0. The molecule has 0 amide bonds. The van der Waals surface area contributed by atoms with Crippen molar-refractivity contribution in [3.63, 3.8) is 0 Å². The topological polar surface area (TPSA) is 55.8 Å². The first-order valence-electron chi connectivity index (χ1n) is 10.2. The Morgan fingerprint density at radius 1 is 0.735 bits per heavy atom. The fraction of sp³-hybridized carbons (Fsp3) is 0.379. The molecular weight excluding hydrogens is 426 g/mol. The van der Waals surface area contributed by atoms with Crippen LogP contribution < -0.4 is 0 Å². The molecule has 0 atom stereocenters. The van der Waals surface area contributed by atoms with Crippen LogP contribution in [0.4, 0.5) is 0 Å². The van der Waals surface area contributed by atoms with Crippen molar-refractivity contribution < 1.29 is 42.0 Å². The van der Waals surface area contributed by atoms with E-state index in [0.717, 1.165) is 0 Å². The number of rotatable bonds is 2. The molecule has 0 N–H and O–H groups in total. The third kappa shape index (κ3) is 10.6. The Morgan fingerprint density at radius 2 is 1.12 bits per heavy atom. The van der Waals surface area contributed by atoms with Gasteiger partial charge in [0.1, 0.15) is 6.10 Å². The lowest BCUT2D eigenvalue weighted by Crippen LogP contribution is -2.62. The molecule has 5 heteroatoms. The normalized spacial score (nSPS) is 14.3. The molecule has 1 saturated heterocycles. The summed E-state index contributed by atoms with van der Waals surface area (Å²) in [7, 11) is 0. The predicted octanol–water partition coefficient (Wildman–Crippen LogP) is 6.01. The smallest absolute Gasteiger partial charge is 0.385 e. The van der Waals surface area contributed by atoms with Gasteiger partial charge in [0.25, 0.3) is 0 Å². The summed E-state index contributed by atoms with van der Waals surface area (Å²) < 4.78 is 5.49. The van der Waals surface area contributed by atoms with E-state index < -0.39 is 23.0 Å². The van der Waals surface area contributed by atoms with Gasteiger partial charge in [-0.25, -0.2) is 4.79 Å². The maximum absolute atomic E-state index is 12.1. The first-order valence-corrected chi connectivity index (χ1v) is 10.2. The van der Waals surface area contributed by atoms with Gasteiger partial charge in [0.05, 0.1) is 11.1 Å². The minimum Gasteiger partial charge on any atom is -0.453 e. The number of carbonyl (C=O) groups excluding carboxylic acids is 2. The zero-order chi connectivity index (χ0) is 25.5. The first kappa shape index (κ1) is 27.4. The highest BCUT2D eigenvalue weighted by atomic mass is 16.7. The Balaban J connectivity index is -0.0000000516. The number of piperidine rings is 1. The second kappa shape index (κ2) is 13.7. The van der Waals surface area contributed by atoms with Crippen molar-refractivity contribution in [2.45, 2.75) is 71.6 Å². The monoisotopic (exact) mass is 481 g/mol. The molecular formula is C29H55NO4. The van der Waals surface area contributed by atoms with Crippen LogP contribution in [0.2, 0.25) is 0 Å². The van der Waals surface area contributed by atoms with Crippen LogP contribution >= 0.6 is 0 Å². The Morgan fingerprint density at radius 3 is 1.50 bits per heavy atom. The van der Waals surface area contributed by atoms with Gasteiger partial charge in [-0.1, -0.05) is 5.92 Å².